The second kappa shape index (κ2) is 13.5. The highest BCUT2D eigenvalue weighted by Gasteiger charge is 2.17. The molecule has 0 N–H and O–H groups in total. The molecule has 0 spiro atoms. The Morgan fingerprint density at radius 3 is 1.78 bits per heavy atom. The maximum atomic E-state index is 6.62. The number of rotatable bonds is 6. The fraction of sp³-hybridized carbons (Fsp3) is 0.0196. The number of hydrogen-bond acceptors (Lipinski definition) is 3. The molecule has 9 aromatic rings. The van der Waals surface area contributed by atoms with E-state index in [9.17, 15) is 0 Å². The first kappa shape index (κ1) is 31.6. The van der Waals surface area contributed by atoms with E-state index in [2.05, 4.69) is 170 Å². The zero-order valence-electron chi connectivity index (χ0n) is 29.4. The van der Waals surface area contributed by atoms with Gasteiger partial charge in [-0.15, -0.1) is 0 Å². The third-order valence-electron chi connectivity index (χ3n) is 10.4. The lowest BCUT2D eigenvalue weighted by molar-refractivity contribution is 0.673. The molecule has 0 bridgehead atoms. The molecule has 1 unspecified atom stereocenters. The van der Waals surface area contributed by atoms with Crippen LogP contribution < -0.4 is 0 Å². The third-order valence-corrected chi connectivity index (χ3v) is 10.4. The lowest BCUT2D eigenvalue weighted by Crippen LogP contribution is -2.04. The normalized spacial score (nSPS) is 14.3. The second-order valence-corrected chi connectivity index (χ2v) is 13.7. The SMILES string of the molecule is C1=CC(c2ccccc2)N=C(c2ccccc2)N=C1c1ccc(-c2cccc(-c3cc4c5ccc(-c6ccccc6)cc5oc4c4ccccc34)c2)cc1. The predicted molar refractivity (Wildman–Crippen MR) is 225 cm³/mol. The number of hydrogen-bond donors (Lipinski definition) is 0. The highest BCUT2D eigenvalue weighted by atomic mass is 16.3. The smallest absolute Gasteiger partial charge is 0.156 e. The average Bonchev–Trinajstić information content (AvgIpc) is 3.47. The highest BCUT2D eigenvalue weighted by molar-refractivity contribution is 6.20. The molecule has 0 radical (unpaired) electrons. The molecular formula is C51H34N2O. The van der Waals surface area contributed by atoms with Gasteiger partial charge in [-0.05, 0) is 74.7 Å². The van der Waals surface area contributed by atoms with Crippen LogP contribution in [0.2, 0.25) is 0 Å². The fourth-order valence-corrected chi connectivity index (χ4v) is 7.61. The van der Waals surface area contributed by atoms with Crippen molar-refractivity contribution in [1.29, 1.82) is 0 Å². The van der Waals surface area contributed by atoms with Crippen molar-refractivity contribution >= 4 is 44.3 Å². The first-order valence-electron chi connectivity index (χ1n) is 18.3. The number of furan rings is 1. The van der Waals surface area contributed by atoms with Crippen LogP contribution in [0, 0.1) is 0 Å². The Morgan fingerprint density at radius 2 is 1.00 bits per heavy atom. The Bertz CT molecular complexity index is 2900. The van der Waals surface area contributed by atoms with E-state index in [1.54, 1.807) is 0 Å². The maximum absolute atomic E-state index is 6.62. The molecule has 10 rings (SSSR count). The summed E-state index contributed by atoms with van der Waals surface area (Å²) in [6, 6.07) is 66.0. The molecule has 0 amide bonds. The molecule has 3 heteroatoms. The van der Waals surface area contributed by atoms with Crippen LogP contribution in [0.1, 0.15) is 22.7 Å². The molecule has 254 valence electrons. The Kier molecular flexibility index (Phi) is 7.88. The zero-order chi connectivity index (χ0) is 35.8. The van der Waals surface area contributed by atoms with Gasteiger partial charge in [0.1, 0.15) is 11.2 Å². The molecule has 8 aromatic carbocycles. The van der Waals surface area contributed by atoms with Gasteiger partial charge in [-0.3, -0.25) is 4.99 Å². The van der Waals surface area contributed by atoms with Crippen LogP contribution in [-0.4, -0.2) is 11.5 Å². The number of benzene rings is 8. The molecule has 1 aliphatic heterocycles. The summed E-state index contributed by atoms with van der Waals surface area (Å²) in [7, 11) is 0. The van der Waals surface area contributed by atoms with E-state index >= 15 is 0 Å². The summed E-state index contributed by atoms with van der Waals surface area (Å²) >= 11 is 0. The summed E-state index contributed by atoms with van der Waals surface area (Å²) in [5.41, 5.74) is 12.9. The number of fused-ring (bicyclic) bond motifs is 5. The minimum Gasteiger partial charge on any atom is -0.455 e. The lowest BCUT2D eigenvalue weighted by atomic mass is 9.93. The first-order chi connectivity index (χ1) is 26.7. The molecule has 2 heterocycles. The van der Waals surface area contributed by atoms with Gasteiger partial charge in [0.15, 0.2) is 5.84 Å². The van der Waals surface area contributed by atoms with E-state index in [0.29, 0.717) is 0 Å². The molecule has 0 saturated heterocycles. The van der Waals surface area contributed by atoms with Crippen molar-refractivity contribution in [2.24, 2.45) is 9.98 Å². The second-order valence-electron chi connectivity index (χ2n) is 13.7. The largest absolute Gasteiger partial charge is 0.455 e. The minimum absolute atomic E-state index is 0.119. The minimum atomic E-state index is -0.119. The fourth-order valence-electron chi connectivity index (χ4n) is 7.61. The van der Waals surface area contributed by atoms with Crippen LogP contribution in [0.15, 0.2) is 215 Å². The van der Waals surface area contributed by atoms with Gasteiger partial charge in [0, 0.05) is 27.3 Å². The summed E-state index contributed by atoms with van der Waals surface area (Å²) < 4.78 is 6.62. The number of nitrogens with zero attached hydrogens (tertiary/aromatic N) is 2. The monoisotopic (exact) mass is 690 g/mol. The Balaban J connectivity index is 1.01. The quantitative estimate of drug-likeness (QED) is 0.171. The number of aliphatic imine (C=N–C) groups is 2. The summed E-state index contributed by atoms with van der Waals surface area (Å²) in [4.78, 5) is 10.2. The molecule has 0 aliphatic carbocycles. The van der Waals surface area contributed by atoms with Crippen molar-refractivity contribution in [2.45, 2.75) is 6.04 Å². The Hall–Kier alpha value is -7.10. The standard InChI is InChI=1S/C51H34N2O/c1-4-13-34(14-5-1)40-27-28-43-46-33-45(42-21-10-11-22-44(42)50(46)54-49(43)32-40)41-20-12-19-39(31-41)35-23-25-37(26-24-35)48-30-29-47(36-15-6-2-7-16-36)52-51(53-48)38-17-8-3-9-18-38/h1-33,47H. The molecule has 1 aliphatic rings. The molecule has 1 atom stereocenters. The van der Waals surface area contributed by atoms with Crippen molar-refractivity contribution in [3.05, 3.63) is 217 Å². The van der Waals surface area contributed by atoms with Gasteiger partial charge in [-0.2, -0.15) is 0 Å². The van der Waals surface area contributed by atoms with Crippen molar-refractivity contribution in [3.63, 3.8) is 0 Å². The number of amidine groups is 1. The topological polar surface area (TPSA) is 37.9 Å². The average molecular weight is 691 g/mol. The van der Waals surface area contributed by atoms with Crippen molar-refractivity contribution in [2.75, 3.05) is 0 Å². The molecule has 1 aromatic heterocycles. The number of allylic oxidation sites excluding steroid dienone is 1. The van der Waals surface area contributed by atoms with Gasteiger partial charge in [0.2, 0.25) is 0 Å². The van der Waals surface area contributed by atoms with Crippen LogP contribution in [0.25, 0.3) is 66.1 Å². The maximum Gasteiger partial charge on any atom is 0.156 e. The first-order valence-corrected chi connectivity index (χ1v) is 18.3. The van der Waals surface area contributed by atoms with E-state index in [-0.39, 0.29) is 6.04 Å². The van der Waals surface area contributed by atoms with Gasteiger partial charge in [-0.25, -0.2) is 4.99 Å². The van der Waals surface area contributed by atoms with E-state index < -0.39 is 0 Å². The van der Waals surface area contributed by atoms with Crippen LogP contribution in [0.3, 0.4) is 0 Å². The summed E-state index contributed by atoms with van der Waals surface area (Å²) in [6.07, 6.45) is 4.25. The van der Waals surface area contributed by atoms with Gasteiger partial charge in [0.05, 0.1) is 11.8 Å². The van der Waals surface area contributed by atoms with E-state index in [1.165, 1.54) is 16.5 Å². The molecule has 0 fully saturated rings. The van der Waals surface area contributed by atoms with Gasteiger partial charge >= 0.3 is 0 Å². The van der Waals surface area contributed by atoms with Crippen molar-refractivity contribution in [1.82, 2.24) is 0 Å². The van der Waals surface area contributed by atoms with Gasteiger partial charge in [-0.1, -0.05) is 170 Å². The van der Waals surface area contributed by atoms with Crippen LogP contribution in [0.5, 0.6) is 0 Å². The van der Waals surface area contributed by atoms with Crippen LogP contribution >= 0.6 is 0 Å². The molecule has 0 saturated carbocycles. The molecule has 54 heavy (non-hydrogen) atoms. The van der Waals surface area contributed by atoms with Crippen LogP contribution in [-0.2, 0) is 0 Å². The summed E-state index contributed by atoms with van der Waals surface area (Å²) in [5, 5.41) is 4.53. The predicted octanol–water partition coefficient (Wildman–Crippen LogP) is 13.3. The van der Waals surface area contributed by atoms with E-state index in [0.717, 1.165) is 77.8 Å². The lowest BCUT2D eigenvalue weighted by Gasteiger charge is -2.11. The third kappa shape index (κ3) is 5.82. The Morgan fingerprint density at radius 1 is 0.407 bits per heavy atom. The van der Waals surface area contributed by atoms with Gasteiger partial charge < -0.3 is 4.42 Å². The summed E-state index contributed by atoms with van der Waals surface area (Å²) in [5.74, 6) is 0.729. The van der Waals surface area contributed by atoms with Crippen molar-refractivity contribution < 1.29 is 4.42 Å². The van der Waals surface area contributed by atoms with Crippen LogP contribution in [0.4, 0.5) is 0 Å². The highest BCUT2D eigenvalue weighted by Crippen LogP contribution is 2.41. The van der Waals surface area contributed by atoms with Crippen molar-refractivity contribution in [3.8, 4) is 33.4 Å². The van der Waals surface area contributed by atoms with E-state index in [4.69, 9.17) is 14.4 Å². The van der Waals surface area contributed by atoms with Gasteiger partial charge in [0.25, 0.3) is 0 Å². The molecular weight excluding hydrogens is 657 g/mol. The molecule has 3 nitrogen and oxygen atoms in total. The Labute approximate surface area is 313 Å². The zero-order valence-corrected chi connectivity index (χ0v) is 29.4. The van der Waals surface area contributed by atoms with E-state index in [1.807, 2.05) is 30.3 Å². The summed E-state index contributed by atoms with van der Waals surface area (Å²) in [6.45, 7) is 0.